The van der Waals surface area contributed by atoms with Gasteiger partial charge in [-0.1, -0.05) is 99.7 Å². The number of aromatic carboxylic acids is 1. The zero-order chi connectivity index (χ0) is 23.0. The predicted molar refractivity (Wildman–Crippen MR) is 129 cm³/mol. The zero-order valence-corrected chi connectivity index (χ0v) is 18.7. The lowest BCUT2D eigenvalue weighted by Crippen LogP contribution is -2.02. The largest absolute Gasteiger partial charge is 0.492 e. The molecule has 3 aromatic carbocycles. The fraction of sp³-hybridized carbons (Fsp3) is 0.286. The molecular weight excluding hydrogens is 398 g/mol. The summed E-state index contributed by atoms with van der Waals surface area (Å²) in [6.07, 6.45) is 7.05. The van der Waals surface area contributed by atoms with E-state index in [9.17, 15) is 4.79 Å². The van der Waals surface area contributed by atoms with Gasteiger partial charge in [-0.25, -0.2) is 4.79 Å². The van der Waals surface area contributed by atoms with Crippen molar-refractivity contribution in [2.75, 3.05) is 6.61 Å². The Labute approximate surface area is 191 Å². The third kappa shape index (κ3) is 8.65. The summed E-state index contributed by atoms with van der Waals surface area (Å²) in [5.74, 6) is -0.574. The van der Waals surface area contributed by atoms with Crippen LogP contribution < -0.4 is 4.74 Å². The Hall–Kier alpha value is -3.58. The van der Waals surface area contributed by atoms with E-state index in [1.807, 2.05) is 18.2 Å². The summed E-state index contributed by atoms with van der Waals surface area (Å²) < 4.78 is 5.55. The van der Waals surface area contributed by atoms with Crippen LogP contribution >= 0.6 is 0 Å². The minimum atomic E-state index is -1.04. The van der Waals surface area contributed by atoms with Crippen LogP contribution in [-0.4, -0.2) is 17.7 Å². The van der Waals surface area contributed by atoms with Gasteiger partial charge in [0.1, 0.15) is 11.8 Å². The molecule has 0 heterocycles. The fourth-order valence-electron chi connectivity index (χ4n) is 3.20. The molecule has 0 atom stereocenters. The number of ether oxygens (including phenoxy) is 1. The number of rotatable bonds is 10. The molecule has 1 N–H and O–H groups in total. The van der Waals surface area contributed by atoms with E-state index in [1.165, 1.54) is 48.9 Å². The van der Waals surface area contributed by atoms with Crippen LogP contribution in [0.3, 0.4) is 0 Å². The summed E-state index contributed by atoms with van der Waals surface area (Å²) in [5, 5.41) is 17.9. The minimum absolute atomic E-state index is 0.105. The molecule has 0 fully saturated rings. The van der Waals surface area contributed by atoms with Gasteiger partial charge in [-0.15, -0.1) is 0 Å². The Bertz CT molecular complexity index is 941. The standard InChI is InChI=1S/C16H21NO3.C12H10/c1-2-3-4-5-6-7-10-20-15-9-8-13(16(18)19)11-14(15)12-17;1-3-7-11(8-4-1)12-9-5-2-6-10-12/h8-9,11H,2-7,10H2,1H3,(H,18,19);1-10H. The molecule has 0 aliphatic carbocycles. The van der Waals surface area contributed by atoms with Crippen LogP contribution in [0.5, 0.6) is 5.75 Å². The van der Waals surface area contributed by atoms with Crippen molar-refractivity contribution in [1.82, 2.24) is 0 Å². The van der Waals surface area contributed by atoms with Gasteiger partial charge < -0.3 is 9.84 Å². The summed E-state index contributed by atoms with van der Waals surface area (Å²) in [6, 6.07) is 27.1. The van der Waals surface area contributed by atoms with Gasteiger partial charge in [0.25, 0.3) is 0 Å². The monoisotopic (exact) mass is 429 g/mol. The predicted octanol–water partition coefficient (Wildman–Crippen LogP) is 7.35. The second kappa shape index (κ2) is 14.4. The lowest BCUT2D eigenvalue weighted by Gasteiger charge is -2.08. The molecule has 0 saturated carbocycles. The van der Waals surface area contributed by atoms with Crippen molar-refractivity contribution in [2.45, 2.75) is 45.4 Å². The Balaban J connectivity index is 0.000000255. The first kappa shape index (κ1) is 24.7. The molecule has 0 aliphatic heterocycles. The molecule has 32 heavy (non-hydrogen) atoms. The van der Waals surface area contributed by atoms with E-state index in [1.54, 1.807) is 6.07 Å². The summed E-state index contributed by atoms with van der Waals surface area (Å²) >= 11 is 0. The van der Waals surface area contributed by atoms with Gasteiger partial charge in [0.05, 0.1) is 17.7 Å². The highest BCUT2D eigenvalue weighted by Gasteiger charge is 2.09. The van der Waals surface area contributed by atoms with Crippen molar-refractivity contribution in [1.29, 1.82) is 5.26 Å². The number of unbranched alkanes of at least 4 members (excludes halogenated alkanes) is 5. The lowest BCUT2D eigenvalue weighted by atomic mass is 10.1. The van der Waals surface area contributed by atoms with E-state index in [0.29, 0.717) is 12.4 Å². The summed E-state index contributed by atoms with van der Waals surface area (Å²) in [5.41, 5.74) is 2.93. The molecule has 0 amide bonds. The van der Waals surface area contributed by atoms with E-state index in [0.717, 1.165) is 12.8 Å². The molecule has 166 valence electrons. The van der Waals surface area contributed by atoms with Crippen LogP contribution in [0.25, 0.3) is 11.1 Å². The van der Waals surface area contributed by atoms with Crippen LogP contribution in [0.4, 0.5) is 0 Å². The third-order valence-electron chi connectivity index (χ3n) is 4.98. The molecule has 3 rings (SSSR count). The van der Waals surface area contributed by atoms with Crippen molar-refractivity contribution in [3.05, 3.63) is 90.0 Å². The first-order valence-electron chi connectivity index (χ1n) is 11.2. The van der Waals surface area contributed by atoms with Gasteiger partial charge in [-0.2, -0.15) is 5.26 Å². The molecular formula is C28H31NO3. The van der Waals surface area contributed by atoms with E-state index >= 15 is 0 Å². The maximum atomic E-state index is 10.8. The highest BCUT2D eigenvalue weighted by Crippen LogP contribution is 2.20. The third-order valence-corrected chi connectivity index (χ3v) is 4.98. The molecule has 0 saturated heterocycles. The molecule has 4 nitrogen and oxygen atoms in total. The zero-order valence-electron chi connectivity index (χ0n) is 18.7. The van der Waals surface area contributed by atoms with E-state index in [-0.39, 0.29) is 11.1 Å². The molecule has 0 radical (unpaired) electrons. The topological polar surface area (TPSA) is 70.3 Å². The van der Waals surface area contributed by atoms with E-state index in [2.05, 4.69) is 55.5 Å². The molecule has 4 heteroatoms. The van der Waals surface area contributed by atoms with Crippen LogP contribution in [0, 0.1) is 11.3 Å². The molecule has 0 unspecified atom stereocenters. The van der Waals surface area contributed by atoms with Crippen LogP contribution in [0.15, 0.2) is 78.9 Å². The Morgan fingerprint density at radius 2 is 1.41 bits per heavy atom. The number of nitriles is 1. The van der Waals surface area contributed by atoms with Gasteiger partial charge in [-0.3, -0.25) is 0 Å². The highest BCUT2D eigenvalue weighted by molar-refractivity contribution is 5.88. The maximum Gasteiger partial charge on any atom is 0.335 e. The first-order chi connectivity index (χ1) is 15.7. The number of hydrogen-bond acceptors (Lipinski definition) is 3. The van der Waals surface area contributed by atoms with Crippen molar-refractivity contribution >= 4 is 5.97 Å². The number of hydrogen-bond donors (Lipinski definition) is 1. The second-order valence-electron chi connectivity index (χ2n) is 7.48. The van der Waals surface area contributed by atoms with Crippen molar-refractivity contribution < 1.29 is 14.6 Å². The Morgan fingerprint density at radius 1 is 0.844 bits per heavy atom. The van der Waals surface area contributed by atoms with E-state index < -0.39 is 5.97 Å². The first-order valence-corrected chi connectivity index (χ1v) is 11.2. The number of nitrogens with zero attached hydrogens (tertiary/aromatic N) is 1. The highest BCUT2D eigenvalue weighted by atomic mass is 16.5. The number of carboxylic acids is 1. The minimum Gasteiger partial charge on any atom is -0.492 e. The van der Waals surface area contributed by atoms with Crippen LogP contribution in [0.1, 0.15) is 61.4 Å². The maximum absolute atomic E-state index is 10.8. The second-order valence-corrected chi connectivity index (χ2v) is 7.48. The summed E-state index contributed by atoms with van der Waals surface area (Å²) in [7, 11) is 0. The van der Waals surface area contributed by atoms with Gasteiger partial charge in [0.2, 0.25) is 0 Å². The van der Waals surface area contributed by atoms with Crippen molar-refractivity contribution in [3.63, 3.8) is 0 Å². The van der Waals surface area contributed by atoms with Gasteiger partial charge >= 0.3 is 5.97 Å². The van der Waals surface area contributed by atoms with Crippen LogP contribution in [0.2, 0.25) is 0 Å². The Kier molecular flexibility index (Phi) is 11.1. The summed E-state index contributed by atoms with van der Waals surface area (Å²) in [4.78, 5) is 10.8. The van der Waals surface area contributed by atoms with E-state index in [4.69, 9.17) is 15.1 Å². The lowest BCUT2D eigenvalue weighted by molar-refractivity contribution is 0.0697. The molecule has 0 spiro atoms. The SMILES string of the molecule is CCCCCCCCOc1ccc(C(=O)O)cc1C#N.c1ccc(-c2ccccc2)cc1. The van der Waals surface area contributed by atoms with Gasteiger partial charge in [0.15, 0.2) is 0 Å². The number of carbonyl (C=O) groups is 1. The average Bonchev–Trinajstić information content (AvgIpc) is 2.85. The van der Waals surface area contributed by atoms with Crippen molar-refractivity contribution in [2.24, 2.45) is 0 Å². The summed E-state index contributed by atoms with van der Waals surface area (Å²) in [6.45, 7) is 2.75. The molecule has 0 bridgehead atoms. The fourth-order valence-corrected chi connectivity index (χ4v) is 3.20. The molecule has 0 aromatic heterocycles. The van der Waals surface area contributed by atoms with Crippen LogP contribution in [-0.2, 0) is 0 Å². The van der Waals surface area contributed by atoms with Gasteiger partial charge in [0, 0.05) is 0 Å². The molecule has 3 aromatic rings. The van der Waals surface area contributed by atoms with Gasteiger partial charge in [-0.05, 0) is 35.7 Å². The number of carboxylic acid groups (broad SMARTS) is 1. The molecule has 0 aliphatic rings. The quantitative estimate of drug-likeness (QED) is 0.342. The smallest absolute Gasteiger partial charge is 0.335 e. The Morgan fingerprint density at radius 3 is 1.94 bits per heavy atom. The average molecular weight is 430 g/mol. The normalized spacial score (nSPS) is 9.88. The number of benzene rings is 3. The van der Waals surface area contributed by atoms with Crippen molar-refractivity contribution in [3.8, 4) is 22.9 Å².